The molecule has 0 spiro atoms. The van der Waals surface area contributed by atoms with E-state index in [-0.39, 0.29) is 26.6 Å². The van der Waals surface area contributed by atoms with Crippen LogP contribution in [0.2, 0.25) is 0 Å². The Morgan fingerprint density at radius 1 is 0.793 bits per heavy atom. The van der Waals surface area contributed by atoms with Crippen LogP contribution >= 0.6 is 0 Å². The van der Waals surface area contributed by atoms with E-state index in [1.165, 1.54) is 30.3 Å². The highest BCUT2D eigenvalue weighted by Crippen LogP contribution is 2.41. The van der Waals surface area contributed by atoms with Gasteiger partial charge >= 0.3 is 0 Å². The van der Waals surface area contributed by atoms with Crippen LogP contribution in [-0.4, -0.2) is 22.9 Å². The highest BCUT2D eigenvalue weighted by atomic mass is 32.2. The number of sulfonamides is 1. The molecule has 2 unspecified atom stereocenters. The second-order valence-electron chi connectivity index (χ2n) is 7.22. The summed E-state index contributed by atoms with van der Waals surface area (Å²) in [6.45, 7) is 1.66. The topological polar surface area (TPSA) is 80.3 Å². The Bertz CT molecular complexity index is 1240. The molecule has 3 aromatic carbocycles. The van der Waals surface area contributed by atoms with Gasteiger partial charge in [0.2, 0.25) is 19.9 Å². The fraction of sp³-hybridized carbons (Fsp3) is 0.182. The van der Waals surface area contributed by atoms with Crippen molar-refractivity contribution in [1.82, 2.24) is 4.72 Å². The molecule has 150 valence electrons. The molecule has 0 aliphatic heterocycles. The molecule has 0 saturated heterocycles. The SMILES string of the molecule is Cc1ccc(S(=O)(=O)c2ccccc2)cc1S(=O)(=O)NC1CC1c1ccccc1. The molecule has 1 N–H and O–H groups in total. The number of nitrogens with one attached hydrogen (secondary N) is 1. The molecule has 0 bridgehead atoms. The maximum Gasteiger partial charge on any atom is 0.241 e. The van der Waals surface area contributed by atoms with E-state index in [0.29, 0.717) is 5.56 Å². The zero-order valence-electron chi connectivity index (χ0n) is 15.8. The van der Waals surface area contributed by atoms with Gasteiger partial charge in [-0.1, -0.05) is 54.6 Å². The summed E-state index contributed by atoms with van der Waals surface area (Å²) < 4.78 is 54.5. The number of hydrogen-bond acceptors (Lipinski definition) is 4. The van der Waals surface area contributed by atoms with Gasteiger partial charge in [0.05, 0.1) is 14.7 Å². The number of benzene rings is 3. The third-order valence-corrected chi connectivity index (χ3v) is 8.54. The number of sulfone groups is 1. The Hall–Kier alpha value is -2.48. The third-order valence-electron chi connectivity index (χ3n) is 5.14. The molecule has 1 saturated carbocycles. The molecule has 1 fully saturated rings. The van der Waals surface area contributed by atoms with Gasteiger partial charge in [-0.25, -0.2) is 21.6 Å². The second-order valence-corrected chi connectivity index (χ2v) is 10.9. The van der Waals surface area contributed by atoms with E-state index < -0.39 is 19.9 Å². The summed E-state index contributed by atoms with van der Waals surface area (Å²) in [4.78, 5) is 0.0878. The maximum absolute atomic E-state index is 13.0. The molecule has 7 heteroatoms. The lowest BCUT2D eigenvalue weighted by molar-refractivity contribution is 0.579. The van der Waals surface area contributed by atoms with Crippen LogP contribution in [0, 0.1) is 6.92 Å². The van der Waals surface area contributed by atoms with Crippen molar-refractivity contribution in [3.8, 4) is 0 Å². The van der Waals surface area contributed by atoms with Crippen molar-refractivity contribution >= 4 is 19.9 Å². The first-order chi connectivity index (χ1) is 13.8. The summed E-state index contributed by atoms with van der Waals surface area (Å²) in [5.41, 5.74) is 1.60. The fourth-order valence-corrected chi connectivity index (χ4v) is 6.37. The summed E-state index contributed by atoms with van der Waals surface area (Å²) in [7, 11) is -7.65. The van der Waals surface area contributed by atoms with E-state index in [1.807, 2.05) is 30.3 Å². The van der Waals surface area contributed by atoms with Gasteiger partial charge in [-0.05, 0) is 48.7 Å². The Morgan fingerprint density at radius 3 is 2.07 bits per heavy atom. The van der Waals surface area contributed by atoms with Gasteiger partial charge in [-0.3, -0.25) is 0 Å². The first-order valence-electron chi connectivity index (χ1n) is 9.27. The third kappa shape index (κ3) is 3.99. The van der Waals surface area contributed by atoms with Gasteiger partial charge in [0.15, 0.2) is 0 Å². The number of aryl methyl sites for hydroxylation is 1. The van der Waals surface area contributed by atoms with Gasteiger partial charge in [-0.15, -0.1) is 0 Å². The molecule has 29 heavy (non-hydrogen) atoms. The molecule has 4 rings (SSSR count). The van der Waals surface area contributed by atoms with Crippen LogP contribution in [0.25, 0.3) is 0 Å². The van der Waals surface area contributed by atoms with Crippen molar-refractivity contribution in [2.75, 3.05) is 0 Å². The minimum absolute atomic E-state index is 0.00628. The van der Waals surface area contributed by atoms with E-state index in [2.05, 4.69) is 4.72 Å². The highest BCUT2D eigenvalue weighted by Gasteiger charge is 2.41. The summed E-state index contributed by atoms with van der Waals surface area (Å²) in [5.74, 6) is 0.141. The Morgan fingerprint density at radius 2 is 1.41 bits per heavy atom. The fourth-order valence-electron chi connectivity index (χ4n) is 3.43. The summed E-state index contributed by atoms with van der Waals surface area (Å²) in [5, 5.41) is 0. The molecule has 1 aliphatic carbocycles. The lowest BCUT2D eigenvalue weighted by atomic mass is 10.1. The molecule has 0 radical (unpaired) electrons. The standard InChI is InChI=1S/C22H21NO4S2/c1-16-12-13-19(28(24,25)18-10-6-3-7-11-18)14-22(16)29(26,27)23-21-15-20(21)17-8-4-2-5-9-17/h2-14,20-21,23H,15H2,1H3. The largest absolute Gasteiger partial charge is 0.241 e. The van der Waals surface area contributed by atoms with E-state index in [1.54, 1.807) is 25.1 Å². The molecule has 1 aliphatic rings. The average Bonchev–Trinajstić information content (AvgIpc) is 3.47. The van der Waals surface area contributed by atoms with E-state index >= 15 is 0 Å². The lowest BCUT2D eigenvalue weighted by Crippen LogP contribution is -2.27. The molecule has 0 heterocycles. The van der Waals surface area contributed by atoms with Crippen LogP contribution < -0.4 is 4.72 Å². The van der Waals surface area contributed by atoms with Crippen molar-refractivity contribution in [1.29, 1.82) is 0 Å². The van der Waals surface area contributed by atoms with Crippen LogP contribution in [0.5, 0.6) is 0 Å². The van der Waals surface area contributed by atoms with Crippen molar-refractivity contribution in [3.63, 3.8) is 0 Å². The first kappa shape index (κ1) is 19.8. The van der Waals surface area contributed by atoms with Crippen LogP contribution in [0.15, 0.2) is 93.5 Å². The van der Waals surface area contributed by atoms with Crippen molar-refractivity contribution in [3.05, 3.63) is 90.0 Å². The summed E-state index contributed by atoms with van der Waals surface area (Å²) >= 11 is 0. The minimum atomic E-state index is -3.85. The molecule has 0 amide bonds. The summed E-state index contributed by atoms with van der Waals surface area (Å²) in [6.07, 6.45) is 0.726. The van der Waals surface area contributed by atoms with E-state index in [0.717, 1.165) is 12.0 Å². The number of rotatable bonds is 6. The second kappa shape index (κ2) is 7.40. The Labute approximate surface area is 171 Å². The Kier molecular flexibility index (Phi) is 5.06. The molecular formula is C22H21NO4S2. The molecule has 0 aromatic heterocycles. The van der Waals surface area contributed by atoms with Gasteiger partial charge < -0.3 is 0 Å². The molecular weight excluding hydrogens is 406 g/mol. The zero-order chi connectivity index (χ0) is 20.6. The molecule has 3 aromatic rings. The van der Waals surface area contributed by atoms with E-state index in [9.17, 15) is 16.8 Å². The predicted octanol–water partition coefficient (Wildman–Crippen LogP) is 3.66. The predicted molar refractivity (Wildman–Crippen MR) is 111 cm³/mol. The van der Waals surface area contributed by atoms with E-state index in [4.69, 9.17) is 0 Å². The number of hydrogen-bond donors (Lipinski definition) is 1. The lowest BCUT2D eigenvalue weighted by Gasteiger charge is -2.12. The quantitative estimate of drug-likeness (QED) is 0.651. The van der Waals surface area contributed by atoms with Gasteiger partial charge in [0.25, 0.3) is 0 Å². The van der Waals surface area contributed by atoms with Crippen molar-refractivity contribution < 1.29 is 16.8 Å². The van der Waals surface area contributed by atoms with Crippen LogP contribution in [0.3, 0.4) is 0 Å². The molecule has 2 atom stereocenters. The summed E-state index contributed by atoms with van der Waals surface area (Å²) in [6, 6.07) is 21.8. The van der Waals surface area contributed by atoms with Crippen molar-refractivity contribution in [2.45, 2.75) is 40.0 Å². The first-order valence-corrected chi connectivity index (χ1v) is 12.2. The van der Waals surface area contributed by atoms with Crippen LogP contribution in [0.4, 0.5) is 0 Å². The van der Waals surface area contributed by atoms with Gasteiger partial charge in [0, 0.05) is 12.0 Å². The van der Waals surface area contributed by atoms with Crippen LogP contribution in [0.1, 0.15) is 23.5 Å². The van der Waals surface area contributed by atoms with Gasteiger partial charge in [0.1, 0.15) is 0 Å². The van der Waals surface area contributed by atoms with Gasteiger partial charge in [-0.2, -0.15) is 0 Å². The minimum Gasteiger partial charge on any atom is -0.219 e. The van der Waals surface area contributed by atoms with Crippen LogP contribution in [-0.2, 0) is 19.9 Å². The smallest absolute Gasteiger partial charge is 0.219 e. The Balaban J connectivity index is 1.62. The zero-order valence-corrected chi connectivity index (χ0v) is 17.4. The molecule has 5 nitrogen and oxygen atoms in total. The maximum atomic E-state index is 13.0. The highest BCUT2D eigenvalue weighted by molar-refractivity contribution is 7.91. The monoisotopic (exact) mass is 427 g/mol. The average molecular weight is 428 g/mol. The van der Waals surface area contributed by atoms with Crippen molar-refractivity contribution in [2.24, 2.45) is 0 Å². The normalized spacial score (nSPS) is 19.1.